The molecule has 0 aliphatic heterocycles. The number of likely N-dealkylation sites (N-methyl/N-ethyl adjacent to an activating group) is 1. The maximum Gasteiger partial charge on any atom is 0.417 e. The lowest BCUT2D eigenvalue weighted by Gasteiger charge is -2.22. The molecule has 1 aliphatic rings. The molecule has 0 spiro atoms. The molecule has 0 bridgehead atoms. The zero-order valence-corrected chi connectivity index (χ0v) is 16.0. The van der Waals surface area contributed by atoms with Gasteiger partial charge in [0, 0.05) is 19.2 Å². The van der Waals surface area contributed by atoms with Crippen molar-refractivity contribution in [2.75, 3.05) is 18.9 Å². The first-order chi connectivity index (χ1) is 12.7. The van der Waals surface area contributed by atoms with Gasteiger partial charge in [-0.05, 0) is 30.5 Å². The van der Waals surface area contributed by atoms with Crippen LogP contribution in [0.15, 0.2) is 18.2 Å². The second-order valence-electron chi connectivity index (χ2n) is 7.03. The Hall–Kier alpha value is -1.76. The van der Waals surface area contributed by atoms with Gasteiger partial charge >= 0.3 is 6.18 Å². The monoisotopic (exact) mass is 404 g/mol. The number of carbonyl (C=O) groups is 2. The molecule has 0 heterocycles. The second-order valence-corrected chi connectivity index (χ2v) is 7.44. The summed E-state index contributed by atoms with van der Waals surface area (Å²) in [5.41, 5.74) is -1.03. The maximum atomic E-state index is 12.9. The minimum atomic E-state index is -4.61. The fraction of sp³-hybridized carbons (Fsp3) is 0.579. The molecule has 0 saturated heterocycles. The van der Waals surface area contributed by atoms with Crippen LogP contribution in [0.25, 0.3) is 0 Å². The zero-order chi connectivity index (χ0) is 20.0. The van der Waals surface area contributed by atoms with Crippen molar-refractivity contribution >= 4 is 29.1 Å². The van der Waals surface area contributed by atoms with Crippen molar-refractivity contribution < 1.29 is 22.8 Å². The minimum absolute atomic E-state index is 0.0141. The van der Waals surface area contributed by atoms with Gasteiger partial charge in [-0.1, -0.05) is 43.7 Å². The molecule has 150 valence electrons. The van der Waals surface area contributed by atoms with Crippen molar-refractivity contribution in [2.45, 2.75) is 51.1 Å². The van der Waals surface area contributed by atoms with Crippen molar-refractivity contribution in [3.8, 4) is 0 Å². The van der Waals surface area contributed by atoms with E-state index in [9.17, 15) is 22.8 Å². The number of alkyl halides is 3. The normalized spacial score (nSPS) is 15.4. The Bertz CT molecular complexity index is 673. The third kappa shape index (κ3) is 6.72. The number of rotatable bonds is 6. The summed E-state index contributed by atoms with van der Waals surface area (Å²) in [5, 5.41) is 1.95. The molecule has 0 aromatic heterocycles. The molecule has 0 atom stereocenters. The van der Waals surface area contributed by atoms with Gasteiger partial charge in [0.15, 0.2) is 0 Å². The minimum Gasteiger partial charge on any atom is -0.336 e. The van der Waals surface area contributed by atoms with Crippen molar-refractivity contribution in [1.29, 1.82) is 0 Å². The molecule has 8 heteroatoms. The molecular formula is C19H24ClF3N2O2. The number of nitrogens with zero attached hydrogens (tertiary/aromatic N) is 1. The Labute approximate surface area is 162 Å². The first-order valence-electron chi connectivity index (χ1n) is 9.07. The molecule has 1 N–H and O–H groups in total. The molecule has 27 heavy (non-hydrogen) atoms. The third-order valence-corrected chi connectivity index (χ3v) is 5.18. The first kappa shape index (κ1) is 21.5. The fourth-order valence-corrected chi connectivity index (χ4v) is 3.54. The summed E-state index contributed by atoms with van der Waals surface area (Å²) < 4.78 is 38.6. The quantitative estimate of drug-likeness (QED) is 0.715. The SMILES string of the molecule is CN(CC(=O)Nc1ccc(Cl)c(C(F)(F)F)c1)C(=O)CCC1CCCCC1. The number of benzene rings is 1. The summed E-state index contributed by atoms with van der Waals surface area (Å²) in [7, 11) is 1.52. The molecule has 4 nitrogen and oxygen atoms in total. The van der Waals surface area contributed by atoms with Crippen LogP contribution < -0.4 is 5.32 Å². The predicted octanol–water partition coefficient (Wildman–Crippen LogP) is 5.12. The van der Waals surface area contributed by atoms with Gasteiger partial charge in [-0.15, -0.1) is 0 Å². The van der Waals surface area contributed by atoms with E-state index in [1.165, 1.54) is 37.3 Å². The van der Waals surface area contributed by atoms with Crippen LogP contribution in [0.3, 0.4) is 0 Å². The standard InChI is InChI=1S/C19H24ClF3N2O2/c1-25(18(27)10-7-13-5-3-2-4-6-13)12-17(26)24-14-8-9-16(20)15(11-14)19(21,22)23/h8-9,11,13H,2-7,10,12H2,1H3,(H,24,26). The van der Waals surface area contributed by atoms with Crippen LogP contribution in [0.5, 0.6) is 0 Å². The Morgan fingerprint density at radius 1 is 1.22 bits per heavy atom. The highest BCUT2D eigenvalue weighted by molar-refractivity contribution is 6.31. The summed E-state index contributed by atoms with van der Waals surface area (Å²) in [6, 6.07) is 3.16. The van der Waals surface area contributed by atoms with E-state index in [2.05, 4.69) is 5.32 Å². The Kier molecular flexibility index (Phi) is 7.53. The topological polar surface area (TPSA) is 49.4 Å². The highest BCUT2D eigenvalue weighted by atomic mass is 35.5. The second kappa shape index (κ2) is 9.44. The van der Waals surface area contributed by atoms with Gasteiger partial charge in [-0.2, -0.15) is 13.2 Å². The lowest BCUT2D eigenvalue weighted by atomic mass is 9.86. The predicted molar refractivity (Wildman–Crippen MR) is 98.5 cm³/mol. The number of halogens is 4. The summed E-state index contributed by atoms with van der Waals surface area (Å²) in [6.07, 6.45) is 2.56. The van der Waals surface area contributed by atoms with E-state index >= 15 is 0 Å². The molecule has 1 aromatic carbocycles. The highest BCUT2D eigenvalue weighted by Gasteiger charge is 2.33. The molecule has 1 aromatic rings. The van der Waals surface area contributed by atoms with Crippen molar-refractivity contribution in [2.24, 2.45) is 5.92 Å². The lowest BCUT2D eigenvalue weighted by Crippen LogP contribution is -2.35. The summed E-state index contributed by atoms with van der Waals surface area (Å²) in [4.78, 5) is 25.5. The van der Waals surface area contributed by atoms with Gasteiger partial charge < -0.3 is 10.2 Å². The molecular weight excluding hydrogens is 381 g/mol. The summed E-state index contributed by atoms with van der Waals surface area (Å²) in [6.45, 7) is -0.215. The van der Waals surface area contributed by atoms with E-state index in [1.54, 1.807) is 0 Å². The van der Waals surface area contributed by atoms with Crippen LogP contribution in [0.1, 0.15) is 50.5 Å². The number of hydrogen-bond donors (Lipinski definition) is 1. The van der Waals surface area contributed by atoms with Crippen LogP contribution in [0.2, 0.25) is 5.02 Å². The van der Waals surface area contributed by atoms with Crippen LogP contribution in [-0.2, 0) is 15.8 Å². The number of carbonyl (C=O) groups excluding carboxylic acids is 2. The summed E-state index contributed by atoms with van der Waals surface area (Å²) in [5.74, 6) is -0.124. The van der Waals surface area contributed by atoms with Crippen LogP contribution in [-0.4, -0.2) is 30.3 Å². The number of nitrogens with one attached hydrogen (secondary N) is 1. The Morgan fingerprint density at radius 3 is 2.52 bits per heavy atom. The lowest BCUT2D eigenvalue weighted by molar-refractivity contribution is -0.137. The van der Waals surface area contributed by atoms with E-state index < -0.39 is 22.7 Å². The molecule has 2 amide bonds. The van der Waals surface area contributed by atoms with E-state index in [-0.39, 0.29) is 18.1 Å². The van der Waals surface area contributed by atoms with Crippen molar-refractivity contribution in [3.05, 3.63) is 28.8 Å². The number of amides is 2. The van der Waals surface area contributed by atoms with Gasteiger partial charge in [0.05, 0.1) is 17.1 Å². The molecule has 1 aliphatic carbocycles. The molecule has 1 saturated carbocycles. The zero-order valence-electron chi connectivity index (χ0n) is 15.2. The van der Waals surface area contributed by atoms with E-state index in [0.717, 1.165) is 31.4 Å². The molecule has 2 rings (SSSR count). The van der Waals surface area contributed by atoms with E-state index in [1.807, 2.05) is 0 Å². The van der Waals surface area contributed by atoms with Gasteiger partial charge in [0.2, 0.25) is 11.8 Å². The van der Waals surface area contributed by atoms with Crippen LogP contribution >= 0.6 is 11.6 Å². The molecule has 0 unspecified atom stereocenters. The van der Waals surface area contributed by atoms with Crippen LogP contribution in [0.4, 0.5) is 18.9 Å². The van der Waals surface area contributed by atoms with E-state index in [0.29, 0.717) is 12.3 Å². The average molecular weight is 405 g/mol. The van der Waals surface area contributed by atoms with Gasteiger partial charge in [-0.3, -0.25) is 9.59 Å². The number of hydrogen-bond acceptors (Lipinski definition) is 2. The molecule has 0 radical (unpaired) electrons. The average Bonchev–Trinajstić information content (AvgIpc) is 2.61. The van der Waals surface area contributed by atoms with Gasteiger partial charge in [0.25, 0.3) is 0 Å². The Balaban J connectivity index is 1.84. The first-order valence-corrected chi connectivity index (χ1v) is 9.45. The third-order valence-electron chi connectivity index (χ3n) is 4.85. The van der Waals surface area contributed by atoms with Gasteiger partial charge in [0.1, 0.15) is 0 Å². The fourth-order valence-electron chi connectivity index (χ4n) is 3.32. The number of anilines is 1. The smallest absolute Gasteiger partial charge is 0.336 e. The van der Waals surface area contributed by atoms with Crippen molar-refractivity contribution in [1.82, 2.24) is 4.90 Å². The highest BCUT2D eigenvalue weighted by Crippen LogP contribution is 2.36. The molecule has 1 fully saturated rings. The largest absolute Gasteiger partial charge is 0.417 e. The van der Waals surface area contributed by atoms with Gasteiger partial charge in [-0.25, -0.2) is 0 Å². The van der Waals surface area contributed by atoms with Crippen LogP contribution in [0, 0.1) is 5.92 Å². The summed E-state index contributed by atoms with van der Waals surface area (Å²) >= 11 is 5.56. The van der Waals surface area contributed by atoms with E-state index in [4.69, 9.17) is 11.6 Å². The van der Waals surface area contributed by atoms with Crippen molar-refractivity contribution in [3.63, 3.8) is 0 Å². The maximum absolute atomic E-state index is 12.9. The Morgan fingerprint density at radius 2 is 1.89 bits per heavy atom.